The zero-order valence-electron chi connectivity index (χ0n) is 13.8. The monoisotopic (exact) mass is 354 g/mol. The number of hydrogen-bond acceptors (Lipinski definition) is 8. The van der Waals surface area contributed by atoms with Gasteiger partial charge >= 0.3 is 0 Å². The Balaban J connectivity index is 1.68. The number of carbonyl (C=O) groups is 1. The molecule has 0 aliphatic heterocycles. The summed E-state index contributed by atoms with van der Waals surface area (Å²) in [6.07, 6.45) is 1.52. The number of H-pyrrole nitrogens is 1. The van der Waals surface area contributed by atoms with Gasteiger partial charge in [-0.05, 0) is 24.3 Å². The zero-order valence-corrected chi connectivity index (χ0v) is 13.8. The standard InChI is InChI=1S/C16H18N8O2/c17-5-6-19-14(25)9-1-3-10(4-2-9)20-7-11-8-21-13-12(22-11)15(26)24-16(18)23-13/h1-4,8,20H,5-7,17H2,(H,19,25)(H3,18,21,23,24,26). The molecule has 0 saturated heterocycles. The van der Waals surface area contributed by atoms with E-state index < -0.39 is 5.56 Å². The number of nitrogens with one attached hydrogen (secondary N) is 3. The highest BCUT2D eigenvalue weighted by Crippen LogP contribution is 2.11. The van der Waals surface area contributed by atoms with E-state index in [4.69, 9.17) is 11.5 Å². The van der Waals surface area contributed by atoms with Gasteiger partial charge < -0.3 is 22.1 Å². The van der Waals surface area contributed by atoms with Crippen LogP contribution in [0.1, 0.15) is 16.1 Å². The van der Waals surface area contributed by atoms with Gasteiger partial charge in [-0.2, -0.15) is 4.98 Å². The maximum absolute atomic E-state index is 11.9. The minimum Gasteiger partial charge on any atom is -0.379 e. The Labute approximate surface area is 148 Å². The van der Waals surface area contributed by atoms with Crippen LogP contribution in [-0.4, -0.2) is 38.9 Å². The SMILES string of the molecule is NCCNC(=O)c1ccc(NCc2cnc3nc(N)[nH]c(=O)c3n2)cc1. The van der Waals surface area contributed by atoms with Crippen LogP contribution in [0.4, 0.5) is 11.6 Å². The van der Waals surface area contributed by atoms with Crippen molar-refractivity contribution in [2.75, 3.05) is 24.1 Å². The quantitative estimate of drug-likeness (QED) is 0.399. The molecule has 3 aromatic rings. The highest BCUT2D eigenvalue weighted by molar-refractivity contribution is 5.94. The van der Waals surface area contributed by atoms with E-state index in [1.807, 2.05) is 0 Å². The first-order chi connectivity index (χ1) is 12.6. The van der Waals surface area contributed by atoms with Crippen LogP contribution in [0.5, 0.6) is 0 Å². The molecule has 2 heterocycles. The lowest BCUT2D eigenvalue weighted by Crippen LogP contribution is -2.28. The average Bonchev–Trinajstić information content (AvgIpc) is 2.65. The van der Waals surface area contributed by atoms with Gasteiger partial charge in [-0.15, -0.1) is 0 Å². The largest absolute Gasteiger partial charge is 0.379 e. The van der Waals surface area contributed by atoms with Gasteiger partial charge in [0.2, 0.25) is 5.95 Å². The van der Waals surface area contributed by atoms with Crippen LogP contribution in [0.15, 0.2) is 35.3 Å². The lowest BCUT2D eigenvalue weighted by molar-refractivity contribution is 0.0955. The van der Waals surface area contributed by atoms with E-state index in [-0.39, 0.29) is 23.0 Å². The Morgan fingerprint density at radius 3 is 2.69 bits per heavy atom. The van der Waals surface area contributed by atoms with Crippen molar-refractivity contribution in [3.8, 4) is 0 Å². The number of anilines is 2. The van der Waals surface area contributed by atoms with Crippen molar-refractivity contribution >= 4 is 28.7 Å². The summed E-state index contributed by atoms with van der Waals surface area (Å²) >= 11 is 0. The molecule has 0 unspecified atom stereocenters. The average molecular weight is 354 g/mol. The van der Waals surface area contributed by atoms with E-state index in [9.17, 15) is 9.59 Å². The van der Waals surface area contributed by atoms with Crippen LogP contribution < -0.4 is 27.7 Å². The number of aromatic amines is 1. The fourth-order valence-electron chi connectivity index (χ4n) is 2.28. The van der Waals surface area contributed by atoms with Gasteiger partial charge in [-0.3, -0.25) is 14.6 Å². The molecular formula is C16H18N8O2. The lowest BCUT2D eigenvalue weighted by atomic mass is 10.2. The van der Waals surface area contributed by atoms with Gasteiger partial charge in [-0.1, -0.05) is 0 Å². The summed E-state index contributed by atoms with van der Waals surface area (Å²) < 4.78 is 0. The number of hydrogen-bond donors (Lipinski definition) is 5. The lowest BCUT2D eigenvalue weighted by Gasteiger charge is -2.08. The minimum atomic E-state index is -0.435. The molecule has 0 bridgehead atoms. The molecule has 10 heteroatoms. The molecule has 0 saturated carbocycles. The molecule has 0 aliphatic rings. The molecule has 134 valence electrons. The van der Waals surface area contributed by atoms with Crippen molar-refractivity contribution in [1.29, 1.82) is 0 Å². The molecule has 0 aliphatic carbocycles. The normalized spacial score (nSPS) is 10.7. The second-order valence-corrected chi connectivity index (χ2v) is 5.46. The number of benzene rings is 1. The highest BCUT2D eigenvalue weighted by Gasteiger charge is 2.07. The number of rotatable bonds is 6. The summed E-state index contributed by atoms with van der Waals surface area (Å²) in [5, 5.41) is 5.86. The summed E-state index contributed by atoms with van der Waals surface area (Å²) in [6.45, 7) is 1.17. The molecule has 0 radical (unpaired) electrons. The van der Waals surface area contributed by atoms with Gasteiger partial charge in [0.15, 0.2) is 11.2 Å². The third-order valence-corrected chi connectivity index (χ3v) is 3.54. The molecule has 1 amide bonds. The van der Waals surface area contributed by atoms with E-state index in [1.54, 1.807) is 24.3 Å². The van der Waals surface area contributed by atoms with E-state index in [0.29, 0.717) is 30.9 Å². The Morgan fingerprint density at radius 1 is 1.19 bits per heavy atom. The first-order valence-electron chi connectivity index (χ1n) is 7.90. The van der Waals surface area contributed by atoms with Gasteiger partial charge in [-0.25, -0.2) is 9.97 Å². The molecule has 3 rings (SSSR count). The number of aromatic nitrogens is 4. The van der Waals surface area contributed by atoms with E-state index in [0.717, 1.165) is 5.69 Å². The summed E-state index contributed by atoms with van der Waals surface area (Å²) in [4.78, 5) is 38.3. The Bertz CT molecular complexity index is 984. The maximum Gasteiger partial charge on any atom is 0.280 e. The molecule has 1 aromatic carbocycles. The number of nitrogens with zero attached hydrogens (tertiary/aromatic N) is 3. The van der Waals surface area contributed by atoms with E-state index in [2.05, 4.69) is 30.6 Å². The molecule has 7 N–H and O–H groups in total. The topological polar surface area (TPSA) is 165 Å². The number of nitrogen functional groups attached to an aromatic ring is 1. The van der Waals surface area contributed by atoms with Crippen molar-refractivity contribution in [3.63, 3.8) is 0 Å². The first-order valence-corrected chi connectivity index (χ1v) is 7.90. The molecule has 0 spiro atoms. The smallest absolute Gasteiger partial charge is 0.280 e. The predicted octanol–water partition coefficient (Wildman–Crippen LogP) is -0.404. The van der Waals surface area contributed by atoms with Crippen LogP contribution in [0.3, 0.4) is 0 Å². The molecular weight excluding hydrogens is 336 g/mol. The van der Waals surface area contributed by atoms with Crippen molar-refractivity contribution in [2.24, 2.45) is 5.73 Å². The second-order valence-electron chi connectivity index (χ2n) is 5.46. The van der Waals surface area contributed by atoms with Crippen LogP contribution in [0.25, 0.3) is 11.2 Å². The van der Waals surface area contributed by atoms with E-state index >= 15 is 0 Å². The van der Waals surface area contributed by atoms with Gasteiger partial charge in [0.05, 0.1) is 18.4 Å². The summed E-state index contributed by atoms with van der Waals surface area (Å²) in [5.74, 6) is -0.174. The number of carbonyl (C=O) groups excluding carboxylic acids is 1. The van der Waals surface area contributed by atoms with E-state index in [1.165, 1.54) is 6.20 Å². The van der Waals surface area contributed by atoms with Crippen molar-refractivity contribution in [2.45, 2.75) is 6.54 Å². The van der Waals surface area contributed by atoms with Gasteiger partial charge in [0.1, 0.15) is 0 Å². The first kappa shape index (κ1) is 17.3. The number of fused-ring (bicyclic) bond motifs is 1. The second kappa shape index (κ2) is 7.57. The predicted molar refractivity (Wildman–Crippen MR) is 97.5 cm³/mol. The number of nitrogens with two attached hydrogens (primary N) is 2. The fraction of sp³-hybridized carbons (Fsp3) is 0.188. The van der Waals surface area contributed by atoms with Gasteiger partial charge in [0.25, 0.3) is 11.5 Å². The van der Waals surface area contributed by atoms with Crippen LogP contribution in [0.2, 0.25) is 0 Å². The summed E-state index contributed by atoms with van der Waals surface area (Å²) in [5.41, 5.74) is 12.6. The molecule has 0 fully saturated rings. The highest BCUT2D eigenvalue weighted by atomic mass is 16.1. The minimum absolute atomic E-state index is 0.00161. The third-order valence-electron chi connectivity index (χ3n) is 3.54. The Morgan fingerprint density at radius 2 is 1.96 bits per heavy atom. The molecule has 2 aromatic heterocycles. The fourth-order valence-corrected chi connectivity index (χ4v) is 2.28. The van der Waals surface area contributed by atoms with Crippen molar-refractivity contribution in [1.82, 2.24) is 25.3 Å². The molecule has 0 atom stereocenters. The van der Waals surface area contributed by atoms with Gasteiger partial charge in [0, 0.05) is 24.3 Å². The maximum atomic E-state index is 11.9. The Hall–Kier alpha value is -3.53. The van der Waals surface area contributed by atoms with Crippen LogP contribution in [0, 0.1) is 0 Å². The van der Waals surface area contributed by atoms with Crippen molar-refractivity contribution < 1.29 is 4.79 Å². The van der Waals surface area contributed by atoms with Crippen molar-refractivity contribution in [3.05, 3.63) is 52.1 Å². The summed E-state index contributed by atoms with van der Waals surface area (Å²) in [7, 11) is 0. The molecule has 26 heavy (non-hydrogen) atoms. The van der Waals surface area contributed by atoms with Crippen LogP contribution >= 0.6 is 0 Å². The molecule has 10 nitrogen and oxygen atoms in total. The van der Waals surface area contributed by atoms with Crippen LogP contribution in [-0.2, 0) is 6.54 Å². The summed E-state index contributed by atoms with van der Waals surface area (Å²) in [6, 6.07) is 6.97. The number of amides is 1. The Kier molecular flexibility index (Phi) is 5.04. The zero-order chi connectivity index (χ0) is 18.5. The third kappa shape index (κ3) is 3.92.